The van der Waals surface area contributed by atoms with Gasteiger partial charge in [-0.1, -0.05) is 0 Å². The highest BCUT2D eigenvalue weighted by atomic mass is 16.5. The van der Waals surface area contributed by atoms with E-state index in [9.17, 15) is 4.79 Å². The minimum atomic E-state index is -0.417. The van der Waals surface area contributed by atoms with Gasteiger partial charge < -0.3 is 25.3 Å². The lowest BCUT2D eigenvalue weighted by Crippen LogP contribution is -2.35. The van der Waals surface area contributed by atoms with Crippen LogP contribution >= 0.6 is 0 Å². The van der Waals surface area contributed by atoms with Crippen LogP contribution in [0.3, 0.4) is 0 Å². The van der Waals surface area contributed by atoms with Gasteiger partial charge in [-0.2, -0.15) is 0 Å². The molecule has 1 aliphatic rings. The molecule has 144 valence electrons. The number of nitrogens with zero attached hydrogens (tertiary/aromatic N) is 1. The molecule has 2 aromatic rings. The Kier molecular flexibility index (Phi) is 6.62. The first-order chi connectivity index (χ1) is 13.2. The molecule has 3 N–H and O–H groups in total. The van der Waals surface area contributed by atoms with Crippen LogP contribution in [0.25, 0.3) is 0 Å². The third-order valence-electron chi connectivity index (χ3n) is 4.29. The number of nitrogens with two attached hydrogens (primary N) is 1. The van der Waals surface area contributed by atoms with Crippen molar-refractivity contribution in [3.8, 4) is 17.4 Å². The lowest BCUT2D eigenvalue weighted by Gasteiger charge is -2.13. The summed E-state index contributed by atoms with van der Waals surface area (Å²) in [7, 11) is 0. The number of pyridine rings is 1. The van der Waals surface area contributed by atoms with E-state index in [-0.39, 0.29) is 12.0 Å². The molecule has 2 heterocycles. The Bertz CT molecular complexity index is 751. The predicted molar refractivity (Wildman–Crippen MR) is 101 cm³/mol. The van der Waals surface area contributed by atoms with Crippen molar-refractivity contribution < 1.29 is 19.0 Å². The van der Waals surface area contributed by atoms with Gasteiger partial charge in [0.1, 0.15) is 17.6 Å². The monoisotopic (exact) mass is 371 g/mol. The molecule has 1 saturated heterocycles. The Morgan fingerprint density at radius 2 is 2.04 bits per heavy atom. The molecular weight excluding hydrogens is 346 g/mol. The van der Waals surface area contributed by atoms with Crippen LogP contribution in [0.2, 0.25) is 0 Å². The van der Waals surface area contributed by atoms with Crippen LogP contribution < -0.4 is 20.5 Å². The minimum absolute atomic E-state index is 0.0178. The van der Waals surface area contributed by atoms with Crippen molar-refractivity contribution in [3.05, 3.63) is 48.2 Å². The number of hydrogen-bond donors (Lipinski definition) is 2. The molecule has 1 aromatic carbocycles. The van der Waals surface area contributed by atoms with E-state index in [0.29, 0.717) is 37.7 Å². The molecule has 0 radical (unpaired) electrons. The fourth-order valence-electron chi connectivity index (χ4n) is 2.88. The average molecular weight is 371 g/mol. The molecule has 7 nitrogen and oxygen atoms in total. The van der Waals surface area contributed by atoms with Gasteiger partial charge >= 0.3 is 0 Å². The molecule has 0 bridgehead atoms. The second kappa shape index (κ2) is 9.34. The van der Waals surface area contributed by atoms with E-state index in [1.54, 1.807) is 12.3 Å². The van der Waals surface area contributed by atoms with Gasteiger partial charge in [-0.15, -0.1) is 0 Å². The fourth-order valence-corrected chi connectivity index (χ4v) is 2.88. The fraction of sp³-hybridized carbons (Fsp3) is 0.400. The van der Waals surface area contributed by atoms with Gasteiger partial charge in [0.15, 0.2) is 0 Å². The van der Waals surface area contributed by atoms with E-state index in [1.807, 2.05) is 37.3 Å². The van der Waals surface area contributed by atoms with Crippen molar-refractivity contribution in [1.29, 1.82) is 0 Å². The Labute approximate surface area is 158 Å². The van der Waals surface area contributed by atoms with Crippen LogP contribution in [-0.2, 0) is 16.1 Å². The van der Waals surface area contributed by atoms with E-state index >= 15 is 0 Å². The van der Waals surface area contributed by atoms with Crippen LogP contribution in [-0.4, -0.2) is 36.3 Å². The molecule has 1 fully saturated rings. The first-order valence-corrected chi connectivity index (χ1v) is 9.16. The summed E-state index contributed by atoms with van der Waals surface area (Å²) in [5, 5.41) is 2.89. The van der Waals surface area contributed by atoms with Crippen LogP contribution in [0.15, 0.2) is 42.6 Å². The molecule has 0 spiro atoms. The highest BCUT2D eigenvalue weighted by Gasteiger charge is 2.29. The quantitative estimate of drug-likeness (QED) is 0.740. The molecule has 3 rings (SSSR count). The van der Waals surface area contributed by atoms with Crippen molar-refractivity contribution >= 4 is 5.91 Å². The summed E-state index contributed by atoms with van der Waals surface area (Å²) < 4.78 is 16.8. The number of amides is 1. The minimum Gasteiger partial charge on any atom is -0.494 e. The van der Waals surface area contributed by atoms with Gasteiger partial charge in [0, 0.05) is 25.4 Å². The molecule has 7 heteroatoms. The Hall–Kier alpha value is -2.64. The second-order valence-corrected chi connectivity index (χ2v) is 6.29. The number of ether oxygens (including phenoxy) is 3. The van der Waals surface area contributed by atoms with Crippen LogP contribution in [0, 0.1) is 0 Å². The number of aromatic nitrogens is 1. The summed E-state index contributed by atoms with van der Waals surface area (Å²) in [6.45, 7) is 3.39. The van der Waals surface area contributed by atoms with Gasteiger partial charge in [0.2, 0.25) is 11.8 Å². The Balaban J connectivity index is 1.53. The maximum absolute atomic E-state index is 12.2. The highest BCUT2D eigenvalue weighted by molar-refractivity contribution is 5.81. The first-order valence-electron chi connectivity index (χ1n) is 9.16. The van der Waals surface area contributed by atoms with Crippen LogP contribution in [0.1, 0.15) is 25.3 Å². The molecule has 1 aromatic heterocycles. The molecular formula is C20H25N3O4. The lowest BCUT2D eigenvalue weighted by molar-refractivity contribution is -0.132. The summed E-state index contributed by atoms with van der Waals surface area (Å²) in [5.41, 5.74) is 6.48. The summed E-state index contributed by atoms with van der Waals surface area (Å²) in [5.74, 6) is 1.81. The normalized spacial score (nSPS) is 18.9. The summed E-state index contributed by atoms with van der Waals surface area (Å²) >= 11 is 0. The number of rotatable bonds is 8. The predicted octanol–water partition coefficient (Wildman–Crippen LogP) is 2.40. The number of carbonyl (C=O) groups excluding carboxylic acids is 1. The van der Waals surface area contributed by atoms with Crippen LogP contribution in [0.4, 0.5) is 0 Å². The smallest absolute Gasteiger partial charge is 0.249 e. The van der Waals surface area contributed by atoms with E-state index in [2.05, 4.69) is 10.3 Å². The van der Waals surface area contributed by atoms with Crippen molar-refractivity contribution in [3.63, 3.8) is 0 Å². The number of hydrogen-bond acceptors (Lipinski definition) is 6. The molecule has 1 amide bonds. The SMILES string of the molecule is CCOc1ccc(Oc2cc(CNC(=O)[C@@H]3CC[C@H](CN)O3)ccn2)cc1. The number of carbonyl (C=O) groups is 1. The van der Waals surface area contributed by atoms with Gasteiger partial charge in [0.05, 0.1) is 12.7 Å². The molecule has 27 heavy (non-hydrogen) atoms. The third-order valence-corrected chi connectivity index (χ3v) is 4.29. The summed E-state index contributed by atoms with van der Waals surface area (Å²) in [4.78, 5) is 16.4. The average Bonchev–Trinajstić information content (AvgIpc) is 3.18. The molecule has 0 aliphatic carbocycles. The summed E-state index contributed by atoms with van der Waals surface area (Å²) in [6.07, 6.45) is 2.75. The lowest BCUT2D eigenvalue weighted by atomic mass is 10.2. The maximum atomic E-state index is 12.2. The van der Waals surface area contributed by atoms with Crippen molar-refractivity contribution in [2.45, 2.75) is 38.5 Å². The first kappa shape index (κ1) is 19.1. The van der Waals surface area contributed by atoms with Gasteiger partial charge in [0.25, 0.3) is 0 Å². The largest absolute Gasteiger partial charge is 0.494 e. The van der Waals surface area contributed by atoms with Gasteiger partial charge in [-0.25, -0.2) is 4.98 Å². The molecule has 2 atom stereocenters. The maximum Gasteiger partial charge on any atom is 0.249 e. The standard InChI is InChI=1S/C20H25N3O4/c1-2-25-15-3-5-16(6-4-15)27-19-11-14(9-10-22-19)13-23-20(24)18-8-7-17(12-21)26-18/h3-6,9-11,17-18H,2,7-8,12-13,21H2,1H3,(H,23,24)/t17-,18+/m1/s1. The summed E-state index contributed by atoms with van der Waals surface area (Å²) in [6, 6.07) is 11.0. The van der Waals surface area contributed by atoms with E-state index in [0.717, 1.165) is 17.7 Å². The highest BCUT2D eigenvalue weighted by Crippen LogP contribution is 2.23. The van der Waals surface area contributed by atoms with Gasteiger partial charge in [-0.05, 0) is 55.7 Å². The topological polar surface area (TPSA) is 95.7 Å². The molecule has 0 unspecified atom stereocenters. The zero-order chi connectivity index (χ0) is 19.1. The Morgan fingerprint density at radius 3 is 2.74 bits per heavy atom. The molecule has 0 saturated carbocycles. The third kappa shape index (κ3) is 5.42. The Morgan fingerprint density at radius 1 is 1.26 bits per heavy atom. The zero-order valence-electron chi connectivity index (χ0n) is 15.4. The number of nitrogens with one attached hydrogen (secondary N) is 1. The van der Waals surface area contributed by atoms with Crippen molar-refractivity contribution in [2.75, 3.05) is 13.2 Å². The van der Waals surface area contributed by atoms with Gasteiger partial charge in [-0.3, -0.25) is 4.79 Å². The molecule has 1 aliphatic heterocycles. The van der Waals surface area contributed by atoms with Crippen molar-refractivity contribution in [1.82, 2.24) is 10.3 Å². The van der Waals surface area contributed by atoms with E-state index in [1.165, 1.54) is 0 Å². The number of benzene rings is 1. The van der Waals surface area contributed by atoms with Crippen molar-refractivity contribution in [2.24, 2.45) is 5.73 Å². The van der Waals surface area contributed by atoms with Crippen LogP contribution in [0.5, 0.6) is 17.4 Å². The van der Waals surface area contributed by atoms with E-state index < -0.39 is 6.10 Å². The van der Waals surface area contributed by atoms with E-state index in [4.69, 9.17) is 19.9 Å². The zero-order valence-corrected chi connectivity index (χ0v) is 15.4. The second-order valence-electron chi connectivity index (χ2n) is 6.29.